The molecule has 0 aliphatic carbocycles. The van der Waals surface area contributed by atoms with E-state index in [1.54, 1.807) is 16.4 Å². The maximum absolute atomic E-state index is 12.8. The van der Waals surface area contributed by atoms with Gasteiger partial charge in [-0.3, -0.25) is 0 Å². The van der Waals surface area contributed by atoms with Gasteiger partial charge in [0.15, 0.2) is 0 Å². The molecule has 6 heteroatoms. The second-order valence-corrected chi connectivity index (χ2v) is 7.54. The minimum Gasteiger partial charge on any atom is -0.329 e. The van der Waals surface area contributed by atoms with Crippen LogP contribution >= 0.6 is 15.9 Å². The van der Waals surface area contributed by atoms with Crippen molar-refractivity contribution in [1.29, 1.82) is 0 Å². The summed E-state index contributed by atoms with van der Waals surface area (Å²) in [5.41, 5.74) is 6.64. The minimum atomic E-state index is -3.47. The normalized spacial score (nSPS) is 21.5. The van der Waals surface area contributed by atoms with Gasteiger partial charge in [-0.25, -0.2) is 8.42 Å². The molecular formula is C13H19BrN2O2S. The fraction of sp³-hybridized carbons (Fsp3) is 0.538. The summed E-state index contributed by atoms with van der Waals surface area (Å²) in [5.74, 6) is 0. The summed E-state index contributed by atoms with van der Waals surface area (Å²) in [6.07, 6.45) is 2.79. The number of hydrogen-bond acceptors (Lipinski definition) is 3. The summed E-state index contributed by atoms with van der Waals surface area (Å²) in [5, 5.41) is 0. The van der Waals surface area contributed by atoms with E-state index in [0.29, 0.717) is 22.5 Å². The van der Waals surface area contributed by atoms with E-state index in [1.807, 2.05) is 13.0 Å². The van der Waals surface area contributed by atoms with Crippen LogP contribution in [0.3, 0.4) is 0 Å². The van der Waals surface area contributed by atoms with Gasteiger partial charge in [-0.15, -0.1) is 0 Å². The number of aryl methyl sites for hydroxylation is 1. The fourth-order valence-electron chi connectivity index (χ4n) is 2.47. The Morgan fingerprint density at radius 3 is 2.84 bits per heavy atom. The maximum atomic E-state index is 12.8. The molecule has 1 aliphatic rings. The highest BCUT2D eigenvalue weighted by atomic mass is 79.9. The first-order valence-electron chi connectivity index (χ1n) is 6.45. The maximum Gasteiger partial charge on any atom is 0.244 e. The van der Waals surface area contributed by atoms with Crippen LogP contribution in [0.1, 0.15) is 24.8 Å². The van der Waals surface area contributed by atoms with Gasteiger partial charge >= 0.3 is 0 Å². The van der Waals surface area contributed by atoms with Crippen LogP contribution in [-0.2, 0) is 10.0 Å². The van der Waals surface area contributed by atoms with Gasteiger partial charge in [0.25, 0.3) is 0 Å². The minimum absolute atomic E-state index is 0.0776. The first-order valence-corrected chi connectivity index (χ1v) is 8.69. The molecule has 0 bridgehead atoms. The number of sulfonamides is 1. The zero-order valence-corrected chi connectivity index (χ0v) is 13.4. The fourth-order valence-corrected chi connectivity index (χ4v) is 5.19. The van der Waals surface area contributed by atoms with Crippen molar-refractivity contribution < 1.29 is 8.42 Å². The number of halogens is 1. The van der Waals surface area contributed by atoms with Gasteiger partial charge in [0.1, 0.15) is 0 Å². The van der Waals surface area contributed by atoms with Crippen LogP contribution in [0.5, 0.6) is 0 Å². The van der Waals surface area contributed by atoms with E-state index in [-0.39, 0.29) is 6.04 Å². The van der Waals surface area contributed by atoms with E-state index in [0.717, 1.165) is 24.8 Å². The molecule has 1 saturated heterocycles. The summed E-state index contributed by atoms with van der Waals surface area (Å²) >= 11 is 3.39. The molecule has 1 fully saturated rings. The van der Waals surface area contributed by atoms with Crippen molar-refractivity contribution in [1.82, 2.24) is 4.31 Å². The van der Waals surface area contributed by atoms with E-state index >= 15 is 0 Å². The first-order chi connectivity index (χ1) is 8.98. The van der Waals surface area contributed by atoms with Crippen LogP contribution in [0.4, 0.5) is 0 Å². The Bertz CT molecular complexity index is 560. The lowest BCUT2D eigenvalue weighted by molar-refractivity contribution is 0.257. The van der Waals surface area contributed by atoms with E-state index in [1.165, 1.54) is 0 Å². The zero-order chi connectivity index (χ0) is 14.0. The van der Waals surface area contributed by atoms with Crippen molar-refractivity contribution in [3.05, 3.63) is 28.2 Å². The largest absolute Gasteiger partial charge is 0.329 e. The van der Waals surface area contributed by atoms with Crippen molar-refractivity contribution in [2.75, 3.05) is 13.1 Å². The van der Waals surface area contributed by atoms with Gasteiger partial charge in [0.05, 0.1) is 4.90 Å². The Kier molecular flexibility index (Phi) is 4.66. The van der Waals surface area contributed by atoms with E-state index in [2.05, 4.69) is 15.9 Å². The number of benzene rings is 1. The van der Waals surface area contributed by atoms with Gasteiger partial charge < -0.3 is 5.73 Å². The highest BCUT2D eigenvalue weighted by Crippen LogP contribution is 2.31. The summed E-state index contributed by atoms with van der Waals surface area (Å²) in [6, 6.07) is 5.23. The van der Waals surface area contributed by atoms with Crippen molar-refractivity contribution in [3.63, 3.8) is 0 Å². The summed E-state index contributed by atoms with van der Waals surface area (Å²) in [6.45, 7) is 2.83. The van der Waals surface area contributed by atoms with Crippen molar-refractivity contribution >= 4 is 26.0 Å². The van der Waals surface area contributed by atoms with Gasteiger partial charge in [0, 0.05) is 23.6 Å². The third-order valence-electron chi connectivity index (χ3n) is 3.59. The topological polar surface area (TPSA) is 63.4 Å². The Morgan fingerprint density at radius 1 is 1.42 bits per heavy atom. The number of rotatable bonds is 3. The highest BCUT2D eigenvalue weighted by molar-refractivity contribution is 9.10. The SMILES string of the molecule is Cc1cccc(S(=O)(=O)N2CCCC[C@H]2CN)c1Br. The zero-order valence-electron chi connectivity index (χ0n) is 11.0. The third kappa shape index (κ3) is 2.86. The van der Waals surface area contributed by atoms with E-state index in [9.17, 15) is 8.42 Å². The summed E-state index contributed by atoms with van der Waals surface area (Å²) in [7, 11) is -3.47. The van der Waals surface area contributed by atoms with Crippen LogP contribution in [0.2, 0.25) is 0 Å². The van der Waals surface area contributed by atoms with Crippen LogP contribution in [0, 0.1) is 6.92 Å². The molecule has 1 heterocycles. The molecule has 19 heavy (non-hydrogen) atoms. The molecule has 0 amide bonds. The lowest BCUT2D eigenvalue weighted by Gasteiger charge is -2.34. The Balaban J connectivity index is 2.44. The quantitative estimate of drug-likeness (QED) is 0.912. The Morgan fingerprint density at radius 2 is 2.16 bits per heavy atom. The van der Waals surface area contributed by atoms with E-state index < -0.39 is 10.0 Å². The molecule has 1 aromatic rings. The van der Waals surface area contributed by atoms with Crippen LogP contribution < -0.4 is 5.73 Å². The molecule has 0 aromatic heterocycles. The van der Waals surface area contributed by atoms with Crippen LogP contribution in [0.25, 0.3) is 0 Å². The second-order valence-electron chi connectivity index (χ2n) is 4.89. The van der Waals surface area contributed by atoms with Crippen molar-refractivity contribution in [3.8, 4) is 0 Å². The van der Waals surface area contributed by atoms with Crippen LogP contribution in [-0.4, -0.2) is 31.9 Å². The van der Waals surface area contributed by atoms with E-state index in [4.69, 9.17) is 5.73 Å². The number of hydrogen-bond donors (Lipinski definition) is 1. The van der Waals surface area contributed by atoms with Crippen molar-refractivity contribution in [2.24, 2.45) is 5.73 Å². The average Bonchev–Trinajstić information content (AvgIpc) is 2.41. The third-order valence-corrected chi connectivity index (χ3v) is 6.90. The van der Waals surface area contributed by atoms with Gasteiger partial charge in [0.2, 0.25) is 10.0 Å². The summed E-state index contributed by atoms with van der Waals surface area (Å²) in [4.78, 5) is 0.341. The molecule has 0 saturated carbocycles. The molecule has 2 N–H and O–H groups in total. The molecule has 0 radical (unpaired) electrons. The number of nitrogens with zero attached hydrogens (tertiary/aromatic N) is 1. The number of nitrogens with two attached hydrogens (primary N) is 1. The predicted octanol–water partition coefficient (Wildman–Crippen LogP) is 2.26. The molecule has 0 spiro atoms. The monoisotopic (exact) mass is 346 g/mol. The first kappa shape index (κ1) is 15.0. The second kappa shape index (κ2) is 5.91. The van der Waals surface area contributed by atoms with Crippen molar-refractivity contribution in [2.45, 2.75) is 37.1 Å². The van der Waals surface area contributed by atoms with Gasteiger partial charge in [-0.05, 0) is 47.3 Å². The van der Waals surface area contributed by atoms with Gasteiger partial charge in [-0.1, -0.05) is 18.6 Å². The van der Waals surface area contributed by atoms with Crippen LogP contribution in [0.15, 0.2) is 27.6 Å². The lowest BCUT2D eigenvalue weighted by Crippen LogP contribution is -2.47. The summed E-state index contributed by atoms with van der Waals surface area (Å²) < 4.78 is 27.8. The standard InChI is InChI=1S/C13H19BrN2O2S/c1-10-5-4-7-12(13(10)14)19(17,18)16-8-3-2-6-11(16)9-15/h4-5,7,11H,2-3,6,8-9,15H2,1H3/t11-/m0/s1. The lowest BCUT2D eigenvalue weighted by atomic mass is 10.1. The molecular weight excluding hydrogens is 328 g/mol. The number of piperidine rings is 1. The Hall–Kier alpha value is -0.430. The molecule has 4 nitrogen and oxygen atoms in total. The smallest absolute Gasteiger partial charge is 0.244 e. The molecule has 2 rings (SSSR count). The Labute approximate surface area is 123 Å². The predicted molar refractivity (Wildman–Crippen MR) is 79.5 cm³/mol. The van der Waals surface area contributed by atoms with Gasteiger partial charge in [-0.2, -0.15) is 4.31 Å². The molecule has 1 aliphatic heterocycles. The average molecular weight is 347 g/mol. The molecule has 106 valence electrons. The molecule has 1 aromatic carbocycles. The highest BCUT2D eigenvalue weighted by Gasteiger charge is 2.33. The molecule has 0 unspecified atom stereocenters. The molecule has 1 atom stereocenters.